The Morgan fingerprint density at radius 1 is 1.03 bits per heavy atom. The first-order valence-electron chi connectivity index (χ1n) is 9.50. The van der Waals surface area contributed by atoms with Crippen molar-refractivity contribution in [2.75, 3.05) is 18.2 Å². The zero-order chi connectivity index (χ0) is 22.3. The Labute approximate surface area is 179 Å². The van der Waals surface area contributed by atoms with Gasteiger partial charge in [-0.1, -0.05) is 13.8 Å². The molecule has 0 aliphatic rings. The molecule has 2 N–H and O–H groups in total. The molecule has 0 bridgehead atoms. The lowest BCUT2D eigenvalue weighted by Gasteiger charge is -2.15. The molecule has 30 heavy (non-hydrogen) atoms. The Kier molecular flexibility index (Phi) is 8.35. The third kappa shape index (κ3) is 7.47. The van der Waals surface area contributed by atoms with Gasteiger partial charge in [0.25, 0.3) is 11.8 Å². The number of anilines is 1. The van der Waals surface area contributed by atoms with Crippen molar-refractivity contribution in [3.05, 3.63) is 47.7 Å². The number of nitrogens with one attached hydrogen (secondary N) is 2. The number of aromatic nitrogens is 1. The van der Waals surface area contributed by atoms with E-state index in [1.165, 1.54) is 24.6 Å². The third-order valence-electron chi connectivity index (χ3n) is 3.60. The Bertz CT molecular complexity index is 913. The maximum atomic E-state index is 12.7. The molecular weight excluding hydrogens is 406 g/mol. The van der Waals surface area contributed by atoms with Crippen LogP contribution in [0.1, 0.15) is 48.4 Å². The first-order chi connectivity index (χ1) is 14.1. The first kappa shape index (κ1) is 23.3. The van der Waals surface area contributed by atoms with Crippen molar-refractivity contribution in [1.29, 1.82) is 0 Å². The first-order valence-corrected chi connectivity index (χ1v) is 11.1. The fourth-order valence-electron chi connectivity index (χ4n) is 2.37. The molecule has 2 aromatic rings. The van der Waals surface area contributed by atoms with Crippen molar-refractivity contribution in [3.8, 4) is 11.5 Å². The van der Waals surface area contributed by atoms with Gasteiger partial charge in [-0.2, -0.15) is 0 Å². The predicted molar refractivity (Wildman–Crippen MR) is 116 cm³/mol. The molecule has 2 amide bonds. The highest BCUT2D eigenvalue weighted by Gasteiger charge is 2.14. The van der Waals surface area contributed by atoms with E-state index < -0.39 is 22.8 Å². The van der Waals surface area contributed by atoms with Crippen LogP contribution in [-0.2, 0) is 11.0 Å². The van der Waals surface area contributed by atoms with E-state index in [2.05, 4.69) is 15.0 Å². The van der Waals surface area contributed by atoms with Crippen LogP contribution in [0.5, 0.6) is 11.5 Å². The van der Waals surface area contributed by atoms with Crippen LogP contribution in [0, 0.1) is 5.92 Å². The number of benzene rings is 1. The molecule has 0 saturated heterocycles. The second-order valence-corrected chi connectivity index (χ2v) is 8.45. The lowest BCUT2D eigenvalue weighted by Crippen LogP contribution is -2.24. The molecule has 0 aliphatic carbocycles. The van der Waals surface area contributed by atoms with Crippen LogP contribution in [0.3, 0.4) is 0 Å². The van der Waals surface area contributed by atoms with E-state index in [1.807, 2.05) is 27.7 Å². The van der Waals surface area contributed by atoms with Crippen LogP contribution in [-0.4, -0.2) is 40.0 Å². The van der Waals surface area contributed by atoms with Gasteiger partial charge in [0.1, 0.15) is 28.3 Å². The molecule has 2 rings (SSSR count). The SMILES string of the molecule is CC(C)COc1cc(OC(C)C)cc(C(=O)Nc2ccc(C(=O)NS(C)=O)cn2)c1. The lowest BCUT2D eigenvalue weighted by molar-refractivity contribution is 0.0981. The molecule has 1 aromatic carbocycles. The highest BCUT2D eigenvalue weighted by atomic mass is 32.2. The molecule has 1 heterocycles. The molecule has 1 unspecified atom stereocenters. The highest BCUT2D eigenvalue weighted by molar-refractivity contribution is 7.82. The number of nitrogens with zero attached hydrogens (tertiary/aromatic N) is 1. The molecule has 0 saturated carbocycles. The van der Waals surface area contributed by atoms with Crippen molar-refractivity contribution >= 4 is 28.6 Å². The molecule has 0 radical (unpaired) electrons. The zero-order valence-corrected chi connectivity index (χ0v) is 18.5. The summed E-state index contributed by atoms with van der Waals surface area (Å²) in [7, 11) is -1.47. The minimum absolute atomic E-state index is 0.0564. The molecule has 0 aliphatic heterocycles. The maximum absolute atomic E-state index is 12.7. The molecule has 0 spiro atoms. The van der Waals surface area contributed by atoms with E-state index in [0.29, 0.717) is 29.6 Å². The van der Waals surface area contributed by atoms with E-state index >= 15 is 0 Å². The van der Waals surface area contributed by atoms with E-state index in [1.54, 1.807) is 18.2 Å². The fraction of sp³-hybridized carbons (Fsp3) is 0.381. The largest absolute Gasteiger partial charge is 0.493 e. The maximum Gasteiger partial charge on any atom is 0.264 e. The monoisotopic (exact) mass is 433 g/mol. The van der Waals surface area contributed by atoms with Gasteiger partial charge in [0.15, 0.2) is 0 Å². The summed E-state index contributed by atoms with van der Waals surface area (Å²) < 4.78 is 24.8. The standard InChI is InChI=1S/C21H27N3O5S/c1-13(2)12-28-17-8-16(9-18(10-17)29-14(3)4)20(25)23-19-7-6-15(11-22-19)21(26)24-30(5)27/h6-11,13-14H,12H2,1-5H3,(H,24,26)(H,22,23,25). The number of ether oxygens (including phenoxy) is 2. The van der Waals surface area contributed by atoms with Gasteiger partial charge in [0, 0.05) is 24.1 Å². The number of rotatable bonds is 9. The number of hydrogen-bond donors (Lipinski definition) is 2. The molecule has 0 fully saturated rings. The molecule has 8 nitrogen and oxygen atoms in total. The van der Waals surface area contributed by atoms with Crippen LogP contribution in [0.4, 0.5) is 5.82 Å². The van der Waals surface area contributed by atoms with Crippen LogP contribution in [0.25, 0.3) is 0 Å². The fourth-order valence-corrected chi connectivity index (χ4v) is 2.75. The summed E-state index contributed by atoms with van der Waals surface area (Å²) >= 11 is 0. The molecule has 9 heteroatoms. The number of carbonyl (C=O) groups is 2. The van der Waals surface area contributed by atoms with Crippen molar-refractivity contribution < 1.29 is 23.3 Å². The Morgan fingerprint density at radius 3 is 2.30 bits per heavy atom. The summed E-state index contributed by atoms with van der Waals surface area (Å²) in [6, 6.07) is 8.01. The van der Waals surface area contributed by atoms with Crippen molar-refractivity contribution in [1.82, 2.24) is 9.71 Å². The molecule has 1 aromatic heterocycles. The van der Waals surface area contributed by atoms with E-state index in [-0.39, 0.29) is 17.5 Å². The summed E-state index contributed by atoms with van der Waals surface area (Å²) in [5.74, 6) is 0.782. The normalized spacial score (nSPS) is 11.8. The third-order valence-corrected chi connectivity index (χ3v) is 4.07. The summed E-state index contributed by atoms with van der Waals surface area (Å²) in [5.41, 5.74) is 0.594. The Hall–Kier alpha value is -2.94. The number of hydrogen-bond acceptors (Lipinski definition) is 6. The van der Waals surface area contributed by atoms with Crippen molar-refractivity contribution in [2.24, 2.45) is 5.92 Å². The van der Waals surface area contributed by atoms with Gasteiger partial charge < -0.3 is 14.8 Å². The average Bonchev–Trinajstić information content (AvgIpc) is 2.65. The van der Waals surface area contributed by atoms with Crippen LogP contribution in [0.2, 0.25) is 0 Å². The van der Waals surface area contributed by atoms with Crippen molar-refractivity contribution in [3.63, 3.8) is 0 Å². The predicted octanol–water partition coefficient (Wildman–Crippen LogP) is 3.18. The zero-order valence-electron chi connectivity index (χ0n) is 17.7. The second kappa shape index (κ2) is 10.7. The summed E-state index contributed by atoms with van der Waals surface area (Å²) in [6.07, 6.45) is 2.60. The van der Waals surface area contributed by atoms with Gasteiger partial charge in [-0.15, -0.1) is 0 Å². The van der Waals surface area contributed by atoms with Gasteiger partial charge in [0.05, 0.1) is 18.3 Å². The van der Waals surface area contributed by atoms with Gasteiger partial charge in [-0.3, -0.25) is 14.3 Å². The summed E-state index contributed by atoms with van der Waals surface area (Å²) in [6.45, 7) is 8.39. The summed E-state index contributed by atoms with van der Waals surface area (Å²) in [5, 5.41) is 2.68. The van der Waals surface area contributed by atoms with Crippen molar-refractivity contribution in [2.45, 2.75) is 33.8 Å². The number of amides is 2. The Morgan fingerprint density at radius 2 is 1.73 bits per heavy atom. The number of carbonyl (C=O) groups excluding carboxylic acids is 2. The minimum Gasteiger partial charge on any atom is -0.493 e. The topological polar surface area (TPSA) is 107 Å². The molecular formula is C21H27N3O5S. The quantitative estimate of drug-likeness (QED) is 0.629. The van der Waals surface area contributed by atoms with Gasteiger partial charge >= 0.3 is 0 Å². The average molecular weight is 434 g/mol. The van der Waals surface area contributed by atoms with Crippen LogP contribution < -0.4 is 19.5 Å². The minimum atomic E-state index is -1.47. The van der Waals surface area contributed by atoms with E-state index in [9.17, 15) is 13.8 Å². The lowest BCUT2D eigenvalue weighted by atomic mass is 10.1. The second-order valence-electron chi connectivity index (χ2n) is 7.34. The van der Waals surface area contributed by atoms with E-state index in [4.69, 9.17) is 9.47 Å². The Balaban J connectivity index is 2.17. The van der Waals surface area contributed by atoms with Crippen LogP contribution >= 0.6 is 0 Å². The van der Waals surface area contributed by atoms with Crippen LogP contribution in [0.15, 0.2) is 36.5 Å². The summed E-state index contributed by atoms with van der Waals surface area (Å²) in [4.78, 5) is 28.6. The van der Waals surface area contributed by atoms with Gasteiger partial charge in [-0.05, 0) is 44.0 Å². The molecule has 1 atom stereocenters. The molecule has 162 valence electrons. The van der Waals surface area contributed by atoms with E-state index in [0.717, 1.165) is 0 Å². The van der Waals surface area contributed by atoms with Gasteiger partial charge in [-0.25, -0.2) is 9.19 Å². The highest BCUT2D eigenvalue weighted by Crippen LogP contribution is 2.25. The smallest absolute Gasteiger partial charge is 0.264 e. The van der Waals surface area contributed by atoms with Gasteiger partial charge in [0.2, 0.25) is 0 Å². The number of pyridine rings is 1.